The van der Waals surface area contributed by atoms with Crippen LogP contribution >= 0.6 is 0 Å². The predicted molar refractivity (Wildman–Crippen MR) is 65.5 cm³/mol. The lowest BCUT2D eigenvalue weighted by atomic mass is 10.2. The Morgan fingerprint density at radius 3 is 2.78 bits per heavy atom. The number of aryl methyl sites for hydroxylation is 3. The van der Waals surface area contributed by atoms with Crippen LogP contribution < -0.4 is 21.5 Å². The Hall–Kier alpha value is -0.840. The van der Waals surface area contributed by atoms with Crippen molar-refractivity contribution in [1.29, 1.82) is 0 Å². The minimum Gasteiger partial charge on any atom is -1.00 e. The summed E-state index contributed by atoms with van der Waals surface area (Å²) in [4.78, 5) is 11.1. The van der Waals surface area contributed by atoms with Gasteiger partial charge < -0.3 is 21.7 Å². The highest BCUT2D eigenvalue weighted by Crippen LogP contribution is 2.01. The molecule has 1 rings (SSSR count). The number of hydrogen-bond acceptors (Lipinski definition) is 2. The van der Waals surface area contributed by atoms with E-state index in [-0.39, 0.29) is 23.0 Å². The number of esters is 1. The molecule has 0 radical (unpaired) electrons. The number of halogens is 1. The van der Waals surface area contributed by atoms with E-state index >= 15 is 0 Å². The number of carbonyl (C=O) groups is 1. The lowest BCUT2D eigenvalue weighted by molar-refractivity contribution is -0.703. The van der Waals surface area contributed by atoms with Crippen LogP contribution in [0, 0.1) is 0 Å². The second kappa shape index (κ2) is 9.14. The number of hydrogen-bond donors (Lipinski definition) is 0. The highest BCUT2D eigenvalue weighted by atomic mass is 79.9. The molecule has 0 amide bonds. The van der Waals surface area contributed by atoms with E-state index in [1.54, 1.807) is 0 Å². The summed E-state index contributed by atoms with van der Waals surface area (Å²) >= 11 is 0. The SMILES string of the molecule is CCCCC[n+]1cn(C)cc1CCC(=O)OC.[Br-]. The van der Waals surface area contributed by atoms with Crippen molar-refractivity contribution in [2.45, 2.75) is 45.6 Å². The maximum Gasteiger partial charge on any atom is 0.305 e. The van der Waals surface area contributed by atoms with Crippen LogP contribution in [0.5, 0.6) is 0 Å². The van der Waals surface area contributed by atoms with Gasteiger partial charge in [0.15, 0.2) is 0 Å². The molecule has 0 N–H and O–H groups in total. The lowest BCUT2D eigenvalue weighted by Gasteiger charge is -2.01. The molecule has 0 aliphatic heterocycles. The van der Waals surface area contributed by atoms with Crippen molar-refractivity contribution >= 4 is 5.97 Å². The van der Waals surface area contributed by atoms with Crippen molar-refractivity contribution in [3.8, 4) is 0 Å². The number of carbonyl (C=O) groups excluding carboxylic acids is 1. The van der Waals surface area contributed by atoms with Gasteiger partial charge in [0, 0.05) is 6.42 Å². The molecule has 0 bridgehead atoms. The Labute approximate surface area is 120 Å². The smallest absolute Gasteiger partial charge is 0.305 e. The number of ether oxygens (including phenoxy) is 1. The van der Waals surface area contributed by atoms with Crippen molar-refractivity contribution in [1.82, 2.24) is 4.57 Å². The summed E-state index contributed by atoms with van der Waals surface area (Å²) in [6, 6.07) is 0. The Balaban J connectivity index is 0.00000289. The molecule has 0 unspecified atom stereocenters. The molecule has 4 nitrogen and oxygen atoms in total. The van der Waals surface area contributed by atoms with Crippen LogP contribution in [0.2, 0.25) is 0 Å². The molecule has 1 aromatic rings. The highest BCUT2D eigenvalue weighted by molar-refractivity contribution is 5.69. The van der Waals surface area contributed by atoms with Crippen LogP contribution in [0.3, 0.4) is 0 Å². The third-order valence-corrected chi connectivity index (χ3v) is 2.86. The summed E-state index contributed by atoms with van der Waals surface area (Å²) in [5, 5.41) is 0. The second-order valence-electron chi connectivity index (χ2n) is 4.38. The van der Waals surface area contributed by atoms with Crippen LogP contribution in [0.25, 0.3) is 0 Å². The van der Waals surface area contributed by atoms with Crippen molar-refractivity contribution < 1.29 is 31.1 Å². The molecule has 0 aliphatic rings. The van der Waals surface area contributed by atoms with Gasteiger partial charge in [-0.05, 0) is 12.8 Å². The van der Waals surface area contributed by atoms with Crippen molar-refractivity contribution in [3.05, 3.63) is 18.2 Å². The molecule has 0 fully saturated rings. The molecule has 0 spiro atoms. The van der Waals surface area contributed by atoms with Crippen LogP contribution in [-0.2, 0) is 29.5 Å². The number of imidazole rings is 1. The van der Waals surface area contributed by atoms with Crippen LogP contribution in [0.4, 0.5) is 0 Å². The molecule has 0 aliphatic carbocycles. The van der Waals surface area contributed by atoms with E-state index in [1.807, 2.05) is 11.6 Å². The summed E-state index contributed by atoms with van der Waals surface area (Å²) in [5.74, 6) is -0.144. The van der Waals surface area contributed by atoms with E-state index in [0.29, 0.717) is 6.42 Å². The molecule has 18 heavy (non-hydrogen) atoms. The van der Waals surface area contributed by atoms with Crippen LogP contribution in [-0.4, -0.2) is 17.6 Å². The molecule has 104 valence electrons. The number of methoxy groups -OCH3 is 1. The van der Waals surface area contributed by atoms with Crippen molar-refractivity contribution in [2.24, 2.45) is 7.05 Å². The minimum atomic E-state index is -0.144. The maximum absolute atomic E-state index is 11.1. The molecule has 0 aromatic carbocycles. The van der Waals surface area contributed by atoms with E-state index in [2.05, 4.69) is 28.8 Å². The number of unbranched alkanes of at least 4 members (excludes halogenated alkanes) is 2. The summed E-state index contributed by atoms with van der Waals surface area (Å²) in [5.41, 5.74) is 1.20. The fourth-order valence-electron chi connectivity index (χ4n) is 1.91. The minimum absolute atomic E-state index is 0. The van der Waals surface area contributed by atoms with E-state index in [1.165, 1.54) is 32.1 Å². The number of rotatable bonds is 7. The fraction of sp³-hybridized carbons (Fsp3) is 0.692. The molecule has 1 heterocycles. The number of nitrogens with zero attached hydrogens (tertiary/aromatic N) is 2. The first-order valence-electron chi connectivity index (χ1n) is 6.28. The van der Waals surface area contributed by atoms with Gasteiger partial charge in [-0.2, -0.15) is 0 Å². The first kappa shape index (κ1) is 17.2. The second-order valence-corrected chi connectivity index (χ2v) is 4.38. The zero-order chi connectivity index (χ0) is 12.7. The molecule has 0 saturated heterocycles. The van der Waals surface area contributed by atoms with Gasteiger partial charge >= 0.3 is 5.97 Å². The third kappa shape index (κ3) is 5.67. The van der Waals surface area contributed by atoms with Gasteiger partial charge in [0.2, 0.25) is 6.33 Å². The Kier molecular flexibility index (Phi) is 8.71. The summed E-state index contributed by atoms with van der Waals surface area (Å²) in [6.07, 6.45) is 9.03. The lowest BCUT2D eigenvalue weighted by Crippen LogP contribution is -3.00. The Morgan fingerprint density at radius 2 is 2.17 bits per heavy atom. The molecular weight excluding hydrogens is 296 g/mol. The van der Waals surface area contributed by atoms with Gasteiger partial charge in [-0.1, -0.05) is 13.3 Å². The summed E-state index contributed by atoms with van der Waals surface area (Å²) in [6.45, 7) is 3.24. The Bertz CT molecular complexity index is 364. The molecule has 0 atom stereocenters. The summed E-state index contributed by atoms with van der Waals surface area (Å²) < 4.78 is 8.94. The topological polar surface area (TPSA) is 35.1 Å². The van der Waals surface area contributed by atoms with Gasteiger partial charge in [-0.25, -0.2) is 9.13 Å². The number of aromatic nitrogens is 2. The van der Waals surface area contributed by atoms with Gasteiger partial charge in [0.25, 0.3) is 0 Å². The standard InChI is InChI=1S/C13H23N2O2.BrH/c1-4-5-6-9-15-11-14(2)10-12(15)7-8-13(16)17-3;/h10-11H,4-9H2,1-3H3;1H/q+1;/p-1. The highest BCUT2D eigenvalue weighted by Gasteiger charge is 2.13. The van der Waals surface area contributed by atoms with Crippen LogP contribution in [0.15, 0.2) is 12.5 Å². The first-order chi connectivity index (χ1) is 8.17. The molecular formula is C13H23BrN2O2. The fourth-order valence-corrected chi connectivity index (χ4v) is 1.91. The normalized spacial score (nSPS) is 9.94. The monoisotopic (exact) mass is 318 g/mol. The third-order valence-electron chi connectivity index (χ3n) is 2.86. The van der Waals surface area contributed by atoms with E-state index in [9.17, 15) is 4.79 Å². The van der Waals surface area contributed by atoms with Crippen molar-refractivity contribution in [2.75, 3.05) is 7.11 Å². The van der Waals surface area contributed by atoms with Gasteiger partial charge in [-0.3, -0.25) is 4.79 Å². The van der Waals surface area contributed by atoms with Crippen molar-refractivity contribution in [3.63, 3.8) is 0 Å². The van der Waals surface area contributed by atoms with Gasteiger partial charge in [-0.15, -0.1) is 0 Å². The van der Waals surface area contributed by atoms with Gasteiger partial charge in [0.05, 0.1) is 27.1 Å². The average molecular weight is 319 g/mol. The molecule has 5 heteroatoms. The quantitative estimate of drug-likeness (QED) is 0.353. The zero-order valence-electron chi connectivity index (χ0n) is 11.5. The molecule has 0 saturated carbocycles. The average Bonchev–Trinajstić information content (AvgIpc) is 2.67. The largest absolute Gasteiger partial charge is 1.00 e. The molecule has 1 aromatic heterocycles. The Morgan fingerprint density at radius 1 is 1.44 bits per heavy atom. The summed E-state index contributed by atoms with van der Waals surface area (Å²) in [7, 11) is 3.45. The van der Waals surface area contributed by atoms with E-state index < -0.39 is 0 Å². The zero-order valence-corrected chi connectivity index (χ0v) is 13.1. The maximum atomic E-state index is 11.1. The predicted octanol–water partition coefficient (Wildman–Crippen LogP) is -1.39. The first-order valence-corrected chi connectivity index (χ1v) is 6.28. The van der Waals surface area contributed by atoms with E-state index in [4.69, 9.17) is 0 Å². The van der Waals surface area contributed by atoms with Crippen LogP contribution in [0.1, 0.15) is 38.3 Å². The van der Waals surface area contributed by atoms with Gasteiger partial charge in [0.1, 0.15) is 11.9 Å². The van der Waals surface area contributed by atoms with E-state index in [0.717, 1.165) is 13.0 Å².